The first-order valence-corrected chi connectivity index (χ1v) is 5.36. The Labute approximate surface area is 84.8 Å². The highest BCUT2D eigenvalue weighted by Crippen LogP contribution is 2.33. The molecule has 76 valence electrons. The van der Waals surface area contributed by atoms with Gasteiger partial charge in [-0.1, -0.05) is 0 Å². The average Bonchev–Trinajstić information content (AvgIpc) is 2.30. The molecular weight excluding hydrogens is 174 g/mol. The van der Waals surface area contributed by atoms with Crippen LogP contribution in [-0.4, -0.2) is 16.5 Å². The summed E-state index contributed by atoms with van der Waals surface area (Å²) >= 11 is 0. The maximum absolute atomic E-state index is 5.66. The lowest BCUT2D eigenvalue weighted by molar-refractivity contribution is 0.329. The van der Waals surface area contributed by atoms with Gasteiger partial charge in [0, 0.05) is 24.5 Å². The summed E-state index contributed by atoms with van der Waals surface area (Å²) in [7, 11) is 0. The van der Waals surface area contributed by atoms with Crippen molar-refractivity contribution in [2.24, 2.45) is 11.7 Å². The van der Waals surface area contributed by atoms with E-state index in [1.165, 1.54) is 25.7 Å². The van der Waals surface area contributed by atoms with Gasteiger partial charge in [-0.25, -0.2) is 0 Å². The molecule has 3 heteroatoms. The normalized spacial score (nSPS) is 27.5. The Morgan fingerprint density at radius 3 is 2.57 bits per heavy atom. The summed E-state index contributed by atoms with van der Waals surface area (Å²) in [5, 5.41) is 0. The zero-order chi connectivity index (χ0) is 9.80. The Morgan fingerprint density at radius 1 is 1.21 bits per heavy atom. The van der Waals surface area contributed by atoms with Crippen molar-refractivity contribution in [3.05, 3.63) is 24.3 Å². The molecule has 0 aliphatic heterocycles. The largest absolute Gasteiger partial charge is 0.330 e. The molecule has 1 aliphatic carbocycles. The van der Waals surface area contributed by atoms with Crippen LogP contribution >= 0.6 is 0 Å². The average molecular weight is 191 g/mol. The third kappa shape index (κ3) is 2.10. The molecule has 0 atom stereocenters. The van der Waals surface area contributed by atoms with Crippen LogP contribution < -0.4 is 5.73 Å². The summed E-state index contributed by atoms with van der Waals surface area (Å²) in [6, 6.07) is 0. The second kappa shape index (κ2) is 4.51. The van der Waals surface area contributed by atoms with Crippen LogP contribution in [0.3, 0.4) is 0 Å². The molecule has 1 heterocycles. The lowest BCUT2D eigenvalue weighted by Crippen LogP contribution is -2.21. The van der Waals surface area contributed by atoms with Crippen molar-refractivity contribution in [2.75, 3.05) is 6.54 Å². The Bertz CT molecular complexity index is 265. The van der Waals surface area contributed by atoms with Crippen LogP contribution in [-0.2, 0) is 0 Å². The van der Waals surface area contributed by atoms with E-state index in [1.807, 2.05) is 6.20 Å². The van der Waals surface area contributed by atoms with Gasteiger partial charge in [-0.3, -0.25) is 9.97 Å². The Balaban J connectivity index is 1.96. The van der Waals surface area contributed by atoms with Gasteiger partial charge in [0.05, 0.1) is 5.69 Å². The zero-order valence-corrected chi connectivity index (χ0v) is 8.39. The third-order valence-corrected chi connectivity index (χ3v) is 3.18. The van der Waals surface area contributed by atoms with Crippen molar-refractivity contribution in [1.82, 2.24) is 9.97 Å². The molecule has 1 fully saturated rings. The maximum Gasteiger partial charge on any atom is 0.0617 e. The van der Waals surface area contributed by atoms with Crippen molar-refractivity contribution in [2.45, 2.75) is 31.6 Å². The molecule has 0 spiro atoms. The third-order valence-electron chi connectivity index (χ3n) is 3.18. The van der Waals surface area contributed by atoms with Crippen LogP contribution in [0.1, 0.15) is 37.3 Å². The fourth-order valence-electron chi connectivity index (χ4n) is 2.22. The molecular formula is C11H17N3. The van der Waals surface area contributed by atoms with E-state index in [4.69, 9.17) is 5.73 Å². The summed E-state index contributed by atoms with van der Waals surface area (Å²) in [6.45, 7) is 0.840. The second-order valence-electron chi connectivity index (χ2n) is 4.08. The van der Waals surface area contributed by atoms with E-state index in [-0.39, 0.29) is 0 Å². The number of nitrogens with two attached hydrogens (primary N) is 1. The van der Waals surface area contributed by atoms with Gasteiger partial charge in [0.1, 0.15) is 0 Å². The van der Waals surface area contributed by atoms with Crippen LogP contribution in [0.2, 0.25) is 0 Å². The van der Waals surface area contributed by atoms with E-state index >= 15 is 0 Å². The van der Waals surface area contributed by atoms with E-state index in [9.17, 15) is 0 Å². The van der Waals surface area contributed by atoms with Crippen LogP contribution in [0, 0.1) is 5.92 Å². The van der Waals surface area contributed by atoms with E-state index in [2.05, 4.69) is 9.97 Å². The quantitative estimate of drug-likeness (QED) is 0.774. The van der Waals surface area contributed by atoms with E-state index in [0.717, 1.165) is 18.2 Å². The van der Waals surface area contributed by atoms with Crippen molar-refractivity contribution in [1.29, 1.82) is 0 Å². The lowest BCUT2D eigenvalue weighted by Gasteiger charge is -2.26. The van der Waals surface area contributed by atoms with E-state index in [0.29, 0.717) is 5.92 Å². The molecule has 2 N–H and O–H groups in total. The topological polar surface area (TPSA) is 51.8 Å². The van der Waals surface area contributed by atoms with E-state index in [1.54, 1.807) is 12.4 Å². The van der Waals surface area contributed by atoms with Gasteiger partial charge in [-0.05, 0) is 38.1 Å². The molecule has 0 bridgehead atoms. The highest BCUT2D eigenvalue weighted by molar-refractivity contribution is 5.04. The fraction of sp³-hybridized carbons (Fsp3) is 0.636. The number of hydrogen-bond acceptors (Lipinski definition) is 3. The minimum atomic E-state index is 0.617. The Morgan fingerprint density at radius 2 is 2.00 bits per heavy atom. The van der Waals surface area contributed by atoms with Crippen LogP contribution in [0.15, 0.2) is 18.6 Å². The van der Waals surface area contributed by atoms with E-state index < -0.39 is 0 Å². The van der Waals surface area contributed by atoms with Crippen molar-refractivity contribution in [3.8, 4) is 0 Å². The summed E-state index contributed by atoms with van der Waals surface area (Å²) in [5.74, 6) is 1.36. The number of rotatable bonds is 2. The minimum Gasteiger partial charge on any atom is -0.330 e. The lowest BCUT2D eigenvalue weighted by atomic mass is 9.81. The SMILES string of the molecule is NCC1CCC(c2cnccn2)CC1. The molecule has 1 aromatic rings. The summed E-state index contributed by atoms with van der Waals surface area (Å²) in [6.07, 6.45) is 10.4. The predicted octanol–water partition coefficient (Wildman–Crippen LogP) is 1.71. The molecule has 1 aromatic heterocycles. The molecule has 0 unspecified atom stereocenters. The first-order valence-electron chi connectivity index (χ1n) is 5.36. The van der Waals surface area contributed by atoms with Gasteiger partial charge in [0.2, 0.25) is 0 Å². The smallest absolute Gasteiger partial charge is 0.0617 e. The summed E-state index contributed by atoms with van der Waals surface area (Å²) in [4.78, 5) is 8.47. The van der Waals surface area contributed by atoms with Crippen LogP contribution in [0.25, 0.3) is 0 Å². The molecule has 14 heavy (non-hydrogen) atoms. The molecule has 0 amide bonds. The fourth-order valence-corrected chi connectivity index (χ4v) is 2.22. The highest BCUT2D eigenvalue weighted by Gasteiger charge is 2.22. The highest BCUT2D eigenvalue weighted by atomic mass is 14.8. The Hall–Kier alpha value is -0.960. The number of aromatic nitrogens is 2. The predicted molar refractivity (Wildman–Crippen MR) is 55.8 cm³/mol. The zero-order valence-electron chi connectivity index (χ0n) is 8.39. The Kier molecular flexibility index (Phi) is 3.09. The van der Waals surface area contributed by atoms with Crippen LogP contribution in [0.4, 0.5) is 0 Å². The number of hydrogen-bond donors (Lipinski definition) is 1. The van der Waals surface area contributed by atoms with Gasteiger partial charge < -0.3 is 5.73 Å². The van der Waals surface area contributed by atoms with Crippen molar-refractivity contribution >= 4 is 0 Å². The van der Waals surface area contributed by atoms with Gasteiger partial charge in [0.25, 0.3) is 0 Å². The molecule has 2 rings (SSSR count). The number of nitrogens with zero attached hydrogens (tertiary/aromatic N) is 2. The van der Waals surface area contributed by atoms with Gasteiger partial charge in [0.15, 0.2) is 0 Å². The van der Waals surface area contributed by atoms with Gasteiger partial charge in [-0.15, -0.1) is 0 Å². The maximum atomic E-state index is 5.66. The molecule has 0 radical (unpaired) electrons. The summed E-state index contributed by atoms with van der Waals surface area (Å²) in [5.41, 5.74) is 6.81. The minimum absolute atomic E-state index is 0.617. The molecule has 0 aromatic carbocycles. The van der Waals surface area contributed by atoms with Crippen LogP contribution in [0.5, 0.6) is 0 Å². The molecule has 0 saturated heterocycles. The second-order valence-corrected chi connectivity index (χ2v) is 4.08. The van der Waals surface area contributed by atoms with Crippen molar-refractivity contribution < 1.29 is 0 Å². The molecule has 1 saturated carbocycles. The first kappa shape index (κ1) is 9.59. The standard InChI is InChI=1S/C11H17N3/c12-7-9-1-3-10(4-2-9)11-8-13-5-6-14-11/h5-6,8-10H,1-4,7,12H2. The van der Waals surface area contributed by atoms with Gasteiger partial charge in [-0.2, -0.15) is 0 Å². The first-order chi connectivity index (χ1) is 6.90. The summed E-state index contributed by atoms with van der Waals surface area (Å²) < 4.78 is 0. The van der Waals surface area contributed by atoms with Gasteiger partial charge >= 0.3 is 0 Å². The molecule has 3 nitrogen and oxygen atoms in total. The molecule has 1 aliphatic rings. The monoisotopic (exact) mass is 191 g/mol. The van der Waals surface area contributed by atoms with Crippen molar-refractivity contribution in [3.63, 3.8) is 0 Å².